The van der Waals surface area contributed by atoms with Gasteiger partial charge < -0.3 is 15.3 Å². The summed E-state index contributed by atoms with van der Waals surface area (Å²) in [6.45, 7) is 8.38. The van der Waals surface area contributed by atoms with Crippen molar-refractivity contribution in [2.45, 2.75) is 52.4 Å². The van der Waals surface area contributed by atoms with Gasteiger partial charge in [-0.3, -0.25) is 14.4 Å². The number of carbonyl (C=O) groups excluding carboxylic acids is 2. The molecule has 1 aliphatic heterocycles. The lowest BCUT2D eigenvalue weighted by molar-refractivity contribution is -0.142. The van der Waals surface area contributed by atoms with Crippen molar-refractivity contribution in [3.05, 3.63) is 29.8 Å². The highest BCUT2D eigenvalue weighted by molar-refractivity contribution is 5.93. The van der Waals surface area contributed by atoms with Crippen molar-refractivity contribution in [3.63, 3.8) is 0 Å². The molecule has 6 heteroatoms. The number of carboxylic acid groups (broad SMARTS) is 1. The lowest BCUT2D eigenvalue weighted by atomic mass is 9.85. The van der Waals surface area contributed by atoms with Gasteiger partial charge in [0.05, 0.1) is 11.3 Å². The van der Waals surface area contributed by atoms with E-state index in [0.29, 0.717) is 24.3 Å². The van der Waals surface area contributed by atoms with Crippen molar-refractivity contribution >= 4 is 23.5 Å². The van der Waals surface area contributed by atoms with Crippen molar-refractivity contribution < 1.29 is 19.5 Å². The normalized spacial score (nSPS) is 18.7. The van der Waals surface area contributed by atoms with Crippen LogP contribution in [0.5, 0.6) is 0 Å². The van der Waals surface area contributed by atoms with E-state index in [1.807, 2.05) is 13.8 Å². The molecule has 1 fully saturated rings. The lowest BCUT2D eigenvalue weighted by Gasteiger charge is -2.33. The molecule has 1 heterocycles. The molecule has 1 aromatic carbocycles. The zero-order chi connectivity index (χ0) is 20.2. The number of carboxylic acids is 1. The molecule has 148 valence electrons. The largest absolute Gasteiger partial charge is 0.481 e. The molecule has 0 aromatic heterocycles. The quantitative estimate of drug-likeness (QED) is 0.800. The second-order valence-electron chi connectivity index (χ2n) is 7.93. The Kier molecular flexibility index (Phi) is 6.63. The summed E-state index contributed by atoms with van der Waals surface area (Å²) in [6, 6.07) is 6.90. The Morgan fingerprint density at radius 3 is 2.44 bits per heavy atom. The Balaban J connectivity index is 2.00. The highest BCUT2D eigenvalue weighted by Gasteiger charge is 2.31. The van der Waals surface area contributed by atoms with Gasteiger partial charge in [-0.2, -0.15) is 0 Å². The number of aliphatic carboxylic acids is 1. The predicted octanol–water partition coefficient (Wildman–Crippen LogP) is 3.27. The number of carbonyl (C=O) groups is 3. The molecule has 1 aliphatic rings. The Morgan fingerprint density at radius 2 is 1.89 bits per heavy atom. The zero-order valence-electron chi connectivity index (χ0n) is 16.6. The maximum atomic E-state index is 12.6. The summed E-state index contributed by atoms with van der Waals surface area (Å²) in [5.74, 6) is -1.11. The Hall–Kier alpha value is -2.37. The summed E-state index contributed by atoms with van der Waals surface area (Å²) in [7, 11) is 0. The third-order valence-electron chi connectivity index (χ3n) is 5.55. The molecule has 0 bridgehead atoms. The number of benzene rings is 1. The predicted molar refractivity (Wildman–Crippen MR) is 104 cm³/mol. The molecule has 2 atom stereocenters. The van der Waals surface area contributed by atoms with Crippen LogP contribution in [0.25, 0.3) is 0 Å². The van der Waals surface area contributed by atoms with E-state index in [-0.39, 0.29) is 23.7 Å². The molecular weight excluding hydrogens is 344 g/mol. The van der Waals surface area contributed by atoms with Gasteiger partial charge in [-0.25, -0.2) is 0 Å². The van der Waals surface area contributed by atoms with Crippen LogP contribution in [0.4, 0.5) is 5.69 Å². The minimum absolute atomic E-state index is 0.0167. The third kappa shape index (κ3) is 4.87. The van der Waals surface area contributed by atoms with Gasteiger partial charge >= 0.3 is 5.97 Å². The third-order valence-corrected chi connectivity index (χ3v) is 5.55. The fraction of sp³-hybridized carbons (Fsp3) is 0.571. The van der Waals surface area contributed by atoms with Crippen LogP contribution in [-0.2, 0) is 19.8 Å². The molecule has 2 amide bonds. The highest BCUT2D eigenvalue weighted by atomic mass is 16.4. The van der Waals surface area contributed by atoms with E-state index in [2.05, 4.69) is 5.32 Å². The van der Waals surface area contributed by atoms with Gasteiger partial charge in [0.25, 0.3) is 0 Å². The minimum atomic E-state index is -0.983. The fourth-order valence-electron chi connectivity index (χ4n) is 3.22. The number of nitrogens with zero attached hydrogens (tertiary/aromatic N) is 1. The first kappa shape index (κ1) is 20.9. The molecule has 0 aliphatic carbocycles. The number of hydrogen-bond acceptors (Lipinski definition) is 3. The standard InChI is InChI=1S/C21H30N2O4/c1-5-14(2)19(25)23-12-6-7-15(13-23)18(24)22-17-10-8-16(9-11-17)21(3,4)20(26)27/h8-11,14-15H,5-7,12-13H2,1-4H3,(H,22,24)(H,26,27). The first-order chi connectivity index (χ1) is 12.7. The van der Waals surface area contributed by atoms with Gasteiger partial charge in [0.1, 0.15) is 0 Å². The number of piperidine rings is 1. The van der Waals surface area contributed by atoms with Gasteiger partial charge in [-0.1, -0.05) is 26.0 Å². The van der Waals surface area contributed by atoms with Crippen LogP contribution in [0.15, 0.2) is 24.3 Å². The second-order valence-corrected chi connectivity index (χ2v) is 7.93. The smallest absolute Gasteiger partial charge is 0.313 e. The Bertz CT molecular complexity index is 697. The van der Waals surface area contributed by atoms with Gasteiger partial charge in [-0.05, 0) is 50.8 Å². The van der Waals surface area contributed by atoms with E-state index in [4.69, 9.17) is 0 Å². The topological polar surface area (TPSA) is 86.7 Å². The fourth-order valence-corrected chi connectivity index (χ4v) is 3.22. The number of amides is 2. The first-order valence-electron chi connectivity index (χ1n) is 9.60. The number of likely N-dealkylation sites (tertiary alicyclic amines) is 1. The van der Waals surface area contributed by atoms with E-state index in [1.54, 1.807) is 43.0 Å². The van der Waals surface area contributed by atoms with E-state index in [0.717, 1.165) is 19.3 Å². The summed E-state index contributed by atoms with van der Waals surface area (Å²) in [4.78, 5) is 38.2. The summed E-state index contributed by atoms with van der Waals surface area (Å²) in [6.07, 6.45) is 2.39. The average molecular weight is 374 g/mol. The number of anilines is 1. The van der Waals surface area contributed by atoms with Crippen molar-refractivity contribution in [1.29, 1.82) is 0 Å². The Morgan fingerprint density at radius 1 is 1.26 bits per heavy atom. The average Bonchev–Trinajstić information content (AvgIpc) is 2.67. The second kappa shape index (κ2) is 8.55. The summed E-state index contributed by atoms with van der Waals surface area (Å²) in [5.41, 5.74) is 0.328. The number of nitrogens with one attached hydrogen (secondary N) is 1. The molecule has 2 unspecified atom stereocenters. The molecule has 1 saturated heterocycles. The van der Waals surface area contributed by atoms with Crippen LogP contribution < -0.4 is 5.32 Å². The van der Waals surface area contributed by atoms with Crippen LogP contribution in [0.3, 0.4) is 0 Å². The SMILES string of the molecule is CCC(C)C(=O)N1CCCC(C(=O)Nc2ccc(C(C)(C)C(=O)O)cc2)C1. The maximum absolute atomic E-state index is 12.6. The molecule has 6 nitrogen and oxygen atoms in total. The first-order valence-corrected chi connectivity index (χ1v) is 9.60. The number of rotatable bonds is 6. The Labute approximate surface area is 160 Å². The molecule has 2 rings (SSSR count). The molecule has 27 heavy (non-hydrogen) atoms. The maximum Gasteiger partial charge on any atom is 0.313 e. The van der Waals surface area contributed by atoms with Crippen molar-refractivity contribution in [3.8, 4) is 0 Å². The molecular formula is C21H30N2O4. The van der Waals surface area contributed by atoms with Crippen LogP contribution in [0.1, 0.15) is 52.5 Å². The molecule has 0 saturated carbocycles. The molecule has 1 aromatic rings. The minimum Gasteiger partial charge on any atom is -0.481 e. The molecule has 2 N–H and O–H groups in total. The number of hydrogen-bond donors (Lipinski definition) is 2. The van der Waals surface area contributed by atoms with Crippen molar-refractivity contribution in [2.24, 2.45) is 11.8 Å². The highest BCUT2D eigenvalue weighted by Crippen LogP contribution is 2.26. The van der Waals surface area contributed by atoms with Gasteiger partial charge in [0.15, 0.2) is 0 Å². The van der Waals surface area contributed by atoms with E-state index in [1.165, 1.54) is 0 Å². The zero-order valence-corrected chi connectivity index (χ0v) is 16.6. The molecule has 0 radical (unpaired) electrons. The van der Waals surface area contributed by atoms with Gasteiger partial charge in [-0.15, -0.1) is 0 Å². The van der Waals surface area contributed by atoms with E-state index in [9.17, 15) is 19.5 Å². The van der Waals surface area contributed by atoms with Crippen molar-refractivity contribution in [2.75, 3.05) is 18.4 Å². The van der Waals surface area contributed by atoms with Gasteiger partial charge in [0, 0.05) is 24.7 Å². The van der Waals surface area contributed by atoms with Gasteiger partial charge in [0.2, 0.25) is 11.8 Å². The van der Waals surface area contributed by atoms with E-state index < -0.39 is 11.4 Å². The summed E-state index contributed by atoms with van der Waals surface area (Å²) in [5, 5.41) is 12.2. The van der Waals surface area contributed by atoms with Crippen LogP contribution in [-0.4, -0.2) is 40.9 Å². The molecule has 0 spiro atoms. The van der Waals surface area contributed by atoms with Crippen LogP contribution in [0.2, 0.25) is 0 Å². The van der Waals surface area contributed by atoms with Crippen molar-refractivity contribution in [1.82, 2.24) is 4.90 Å². The monoisotopic (exact) mass is 374 g/mol. The summed E-state index contributed by atoms with van der Waals surface area (Å²) >= 11 is 0. The lowest BCUT2D eigenvalue weighted by Crippen LogP contribution is -2.45. The van der Waals surface area contributed by atoms with E-state index >= 15 is 0 Å². The van der Waals surface area contributed by atoms with Crippen LogP contribution >= 0.6 is 0 Å². The van der Waals surface area contributed by atoms with Crippen LogP contribution in [0, 0.1) is 11.8 Å². The summed E-state index contributed by atoms with van der Waals surface area (Å²) < 4.78 is 0.